The molecule has 60 valence electrons. The summed E-state index contributed by atoms with van der Waals surface area (Å²) in [6.45, 7) is 0. The van der Waals surface area contributed by atoms with Crippen molar-refractivity contribution in [3.63, 3.8) is 0 Å². The highest BCUT2D eigenvalue weighted by Crippen LogP contribution is 2.43. The number of alkyl halides is 3. The van der Waals surface area contributed by atoms with Crippen LogP contribution in [0.15, 0.2) is 24.3 Å². The van der Waals surface area contributed by atoms with Crippen LogP contribution in [0.25, 0.3) is 0 Å². The first kappa shape index (κ1) is 9.49. The first-order valence-electron chi connectivity index (χ1n) is 2.83. The van der Waals surface area contributed by atoms with Crippen LogP contribution in [0.3, 0.4) is 0 Å². The second-order valence-corrected chi connectivity index (χ2v) is 6.90. The largest absolute Gasteiger partial charge is 0.207 e. The predicted octanol–water partition coefficient (Wildman–Crippen LogP) is 3.96. The minimum atomic E-state index is -0.995. The molecule has 0 spiro atoms. The van der Waals surface area contributed by atoms with Crippen LogP contribution in [0.2, 0.25) is 0 Å². The van der Waals surface area contributed by atoms with Gasteiger partial charge in [0, 0.05) is 5.56 Å². The average Bonchev–Trinajstić information content (AvgIpc) is 1.86. The molecule has 0 aromatic heterocycles. The van der Waals surface area contributed by atoms with Crippen LogP contribution >= 0.6 is 43.5 Å². The summed E-state index contributed by atoms with van der Waals surface area (Å²) in [4.78, 5) is 0. The van der Waals surface area contributed by atoms with Crippen molar-refractivity contribution in [1.82, 2.24) is 0 Å². The Labute approximate surface area is 86.0 Å². The molecule has 0 saturated heterocycles. The van der Waals surface area contributed by atoms with E-state index >= 15 is 0 Å². The lowest BCUT2D eigenvalue weighted by Gasteiger charge is -2.11. The quantitative estimate of drug-likeness (QED) is 0.689. The van der Waals surface area contributed by atoms with Crippen molar-refractivity contribution < 1.29 is 4.39 Å². The van der Waals surface area contributed by atoms with Gasteiger partial charge in [-0.3, -0.25) is 0 Å². The maximum atomic E-state index is 12.9. The van der Waals surface area contributed by atoms with E-state index in [1.165, 1.54) is 6.07 Å². The fourth-order valence-electron chi connectivity index (χ4n) is 0.691. The molecule has 0 unspecified atom stereocenters. The van der Waals surface area contributed by atoms with Crippen LogP contribution in [0.5, 0.6) is 0 Å². The van der Waals surface area contributed by atoms with Crippen LogP contribution < -0.4 is 0 Å². The molecular formula is C7H4Br2ClF. The minimum Gasteiger partial charge on any atom is -0.207 e. The number of halogens is 4. The van der Waals surface area contributed by atoms with Crippen LogP contribution in [-0.4, -0.2) is 0 Å². The zero-order valence-electron chi connectivity index (χ0n) is 5.32. The smallest absolute Gasteiger partial charge is 0.181 e. The number of rotatable bonds is 1. The van der Waals surface area contributed by atoms with Gasteiger partial charge in [-0.15, -0.1) is 0 Å². The zero-order chi connectivity index (χ0) is 8.48. The Bertz CT molecular complexity index is 257. The van der Waals surface area contributed by atoms with E-state index in [2.05, 4.69) is 31.9 Å². The van der Waals surface area contributed by atoms with Gasteiger partial charge < -0.3 is 0 Å². The molecule has 0 atom stereocenters. The van der Waals surface area contributed by atoms with Crippen molar-refractivity contribution in [2.75, 3.05) is 0 Å². The van der Waals surface area contributed by atoms with E-state index in [9.17, 15) is 4.39 Å². The molecule has 0 aliphatic rings. The number of benzene rings is 1. The summed E-state index contributed by atoms with van der Waals surface area (Å²) in [5, 5.41) is 0. The van der Waals surface area contributed by atoms with Gasteiger partial charge in [0.15, 0.2) is 2.69 Å². The van der Waals surface area contributed by atoms with E-state index in [0.29, 0.717) is 5.56 Å². The third kappa shape index (κ3) is 2.42. The molecule has 0 nitrogen and oxygen atoms in total. The highest BCUT2D eigenvalue weighted by atomic mass is 79.9. The molecule has 0 saturated carbocycles. The molecule has 1 rings (SSSR count). The van der Waals surface area contributed by atoms with Gasteiger partial charge in [0.05, 0.1) is 0 Å². The fourth-order valence-corrected chi connectivity index (χ4v) is 1.49. The SMILES string of the molecule is Fc1ccccc1C(Cl)(Br)Br. The molecule has 0 fully saturated rings. The van der Waals surface area contributed by atoms with E-state index in [-0.39, 0.29) is 5.82 Å². The molecule has 0 bridgehead atoms. The molecule has 11 heavy (non-hydrogen) atoms. The van der Waals surface area contributed by atoms with Crippen molar-refractivity contribution in [3.05, 3.63) is 35.6 Å². The minimum absolute atomic E-state index is 0.337. The third-order valence-electron chi connectivity index (χ3n) is 1.18. The summed E-state index contributed by atoms with van der Waals surface area (Å²) >= 11 is 11.9. The Hall–Kier alpha value is 0.400. The number of hydrogen-bond acceptors (Lipinski definition) is 0. The van der Waals surface area contributed by atoms with Gasteiger partial charge in [0.1, 0.15) is 5.82 Å². The highest BCUT2D eigenvalue weighted by Gasteiger charge is 2.24. The molecule has 1 aromatic rings. The second-order valence-electron chi connectivity index (χ2n) is 1.98. The molecule has 1 aromatic carbocycles. The summed E-state index contributed by atoms with van der Waals surface area (Å²) in [7, 11) is 0. The monoisotopic (exact) mass is 300 g/mol. The molecule has 4 heteroatoms. The Morgan fingerprint density at radius 2 is 1.82 bits per heavy atom. The van der Waals surface area contributed by atoms with Crippen molar-refractivity contribution in [2.24, 2.45) is 0 Å². The summed E-state index contributed by atoms with van der Waals surface area (Å²) in [6.07, 6.45) is 0. The Morgan fingerprint density at radius 1 is 1.27 bits per heavy atom. The first-order valence-corrected chi connectivity index (χ1v) is 4.80. The van der Waals surface area contributed by atoms with E-state index in [4.69, 9.17) is 11.6 Å². The van der Waals surface area contributed by atoms with Crippen LogP contribution in [-0.2, 0) is 2.69 Å². The Morgan fingerprint density at radius 3 is 2.18 bits per heavy atom. The molecule has 0 radical (unpaired) electrons. The van der Waals surface area contributed by atoms with E-state index in [1.54, 1.807) is 18.2 Å². The summed E-state index contributed by atoms with van der Waals surface area (Å²) < 4.78 is 11.9. The lowest BCUT2D eigenvalue weighted by molar-refractivity contribution is 0.615. The Balaban J connectivity index is 3.14. The molecule has 0 aliphatic carbocycles. The van der Waals surface area contributed by atoms with Gasteiger partial charge in [0.2, 0.25) is 0 Å². The molecule has 0 heterocycles. The molecular weight excluding hydrogens is 298 g/mol. The van der Waals surface area contributed by atoms with Crippen molar-refractivity contribution in [2.45, 2.75) is 2.69 Å². The van der Waals surface area contributed by atoms with E-state index in [0.717, 1.165) is 0 Å². The molecule has 0 aliphatic heterocycles. The van der Waals surface area contributed by atoms with Gasteiger partial charge in [-0.05, 0) is 37.9 Å². The van der Waals surface area contributed by atoms with Crippen molar-refractivity contribution >= 4 is 43.5 Å². The van der Waals surface area contributed by atoms with Gasteiger partial charge >= 0.3 is 0 Å². The van der Waals surface area contributed by atoms with Gasteiger partial charge in [0.25, 0.3) is 0 Å². The lowest BCUT2D eigenvalue weighted by atomic mass is 10.2. The fraction of sp³-hybridized carbons (Fsp3) is 0.143. The maximum Gasteiger partial charge on any atom is 0.181 e. The lowest BCUT2D eigenvalue weighted by Crippen LogP contribution is -2.01. The summed E-state index contributed by atoms with van der Waals surface area (Å²) in [5.74, 6) is -0.337. The normalized spacial score (nSPS) is 11.6. The maximum absolute atomic E-state index is 12.9. The van der Waals surface area contributed by atoms with E-state index in [1.807, 2.05) is 0 Å². The van der Waals surface area contributed by atoms with Gasteiger partial charge in [-0.1, -0.05) is 29.8 Å². The van der Waals surface area contributed by atoms with Crippen LogP contribution in [0.4, 0.5) is 4.39 Å². The molecule has 0 N–H and O–H groups in total. The standard InChI is InChI=1S/C7H4Br2ClF/c8-7(9,10)5-3-1-2-4-6(5)11/h1-4H. The summed E-state index contributed by atoms with van der Waals surface area (Å²) in [5.41, 5.74) is 0.377. The average molecular weight is 302 g/mol. The zero-order valence-corrected chi connectivity index (χ0v) is 9.25. The highest BCUT2D eigenvalue weighted by molar-refractivity contribution is 9.25. The van der Waals surface area contributed by atoms with Crippen LogP contribution in [0, 0.1) is 5.82 Å². The second kappa shape index (κ2) is 3.42. The first-order chi connectivity index (χ1) is 5.02. The van der Waals surface area contributed by atoms with Gasteiger partial charge in [-0.25, -0.2) is 4.39 Å². The number of hydrogen-bond donors (Lipinski definition) is 0. The van der Waals surface area contributed by atoms with Crippen LogP contribution in [0.1, 0.15) is 5.56 Å². The van der Waals surface area contributed by atoms with Crippen molar-refractivity contribution in [3.8, 4) is 0 Å². The van der Waals surface area contributed by atoms with E-state index < -0.39 is 2.69 Å². The van der Waals surface area contributed by atoms with Crippen molar-refractivity contribution in [1.29, 1.82) is 0 Å². The third-order valence-corrected chi connectivity index (χ3v) is 2.24. The topological polar surface area (TPSA) is 0 Å². The Kier molecular flexibility index (Phi) is 2.95. The molecule has 0 amide bonds. The van der Waals surface area contributed by atoms with Gasteiger partial charge in [-0.2, -0.15) is 0 Å². The summed E-state index contributed by atoms with van der Waals surface area (Å²) in [6, 6.07) is 6.29. The predicted molar refractivity (Wildman–Crippen MR) is 51.8 cm³/mol.